The topological polar surface area (TPSA) is 134 Å². The lowest BCUT2D eigenvalue weighted by molar-refractivity contribution is -0.120. The van der Waals surface area contributed by atoms with E-state index in [9.17, 15) is 23.1 Å². The molecule has 0 saturated heterocycles. The maximum absolute atomic E-state index is 13.7. The van der Waals surface area contributed by atoms with Crippen LogP contribution in [0, 0.1) is 11.8 Å². The van der Waals surface area contributed by atoms with Crippen molar-refractivity contribution in [3.63, 3.8) is 0 Å². The number of rotatable bonds is 8. The van der Waals surface area contributed by atoms with Gasteiger partial charge in [0.05, 0.1) is 36.8 Å². The van der Waals surface area contributed by atoms with Crippen LogP contribution in [0.25, 0.3) is 0 Å². The number of aryl methyl sites for hydroxylation is 1. The van der Waals surface area contributed by atoms with Crippen LogP contribution in [0.1, 0.15) is 56.3 Å². The minimum absolute atomic E-state index is 0.0139. The smallest absolute Gasteiger partial charge is 0.261 e. The van der Waals surface area contributed by atoms with E-state index in [-0.39, 0.29) is 59.7 Å². The summed E-state index contributed by atoms with van der Waals surface area (Å²) in [5.41, 5.74) is 0.631. The fraction of sp³-hybridized carbons (Fsp3) is 0.593. The molecule has 39 heavy (non-hydrogen) atoms. The maximum Gasteiger partial charge on any atom is 0.261 e. The summed E-state index contributed by atoms with van der Waals surface area (Å²) in [7, 11) is -0.735. The molecule has 0 radical (unpaired) electrons. The fourth-order valence-corrected chi connectivity index (χ4v) is 6.33. The molecule has 214 valence electrons. The van der Waals surface area contributed by atoms with Crippen LogP contribution >= 0.6 is 0 Å². The fourth-order valence-electron chi connectivity index (χ4n) is 5.19. The number of nitrogens with one attached hydrogen (secondary N) is 1. The molecule has 0 unspecified atom stereocenters. The molecule has 2 aliphatic rings. The Kier molecular flexibility index (Phi) is 8.97. The molecule has 4 rings (SSSR count). The van der Waals surface area contributed by atoms with E-state index in [2.05, 4.69) is 10.3 Å². The third-order valence-electron chi connectivity index (χ3n) is 7.72. The van der Waals surface area contributed by atoms with Gasteiger partial charge in [0.1, 0.15) is 6.10 Å². The van der Waals surface area contributed by atoms with Crippen LogP contribution in [0.3, 0.4) is 0 Å². The molecular formula is C27H39N5O6S. The van der Waals surface area contributed by atoms with Gasteiger partial charge in [-0.2, -0.15) is 4.31 Å². The number of carbonyl (C=O) groups excluding carboxylic acids is 2. The lowest BCUT2D eigenvalue weighted by Crippen LogP contribution is -2.50. The van der Waals surface area contributed by atoms with Gasteiger partial charge in [0, 0.05) is 38.7 Å². The number of hydrogen-bond donors (Lipinski definition) is 2. The third kappa shape index (κ3) is 6.28. The Morgan fingerprint density at radius 1 is 1.28 bits per heavy atom. The van der Waals surface area contributed by atoms with Crippen LogP contribution in [0.15, 0.2) is 35.7 Å². The van der Waals surface area contributed by atoms with Crippen molar-refractivity contribution >= 4 is 27.5 Å². The second-order valence-corrected chi connectivity index (χ2v) is 12.8. The van der Waals surface area contributed by atoms with E-state index < -0.39 is 22.2 Å². The van der Waals surface area contributed by atoms with Crippen molar-refractivity contribution < 1.29 is 27.9 Å². The number of aromatic nitrogens is 2. The molecule has 1 fully saturated rings. The van der Waals surface area contributed by atoms with E-state index in [0.29, 0.717) is 5.69 Å². The zero-order valence-electron chi connectivity index (χ0n) is 23.0. The molecule has 2 aromatic rings. The van der Waals surface area contributed by atoms with Gasteiger partial charge >= 0.3 is 0 Å². The molecule has 1 saturated carbocycles. The summed E-state index contributed by atoms with van der Waals surface area (Å²) in [6.45, 7) is 3.64. The van der Waals surface area contributed by atoms with E-state index in [1.165, 1.54) is 23.9 Å². The minimum Gasteiger partial charge on any atom is -0.486 e. The highest BCUT2D eigenvalue weighted by atomic mass is 32.2. The molecule has 1 aliphatic heterocycles. The number of ether oxygens (including phenoxy) is 1. The molecule has 2 N–H and O–H groups in total. The summed E-state index contributed by atoms with van der Waals surface area (Å²) in [5, 5.41) is 12.8. The highest BCUT2D eigenvalue weighted by molar-refractivity contribution is 7.89. The van der Waals surface area contributed by atoms with E-state index in [0.717, 1.165) is 32.1 Å². The number of benzene rings is 1. The van der Waals surface area contributed by atoms with Crippen LogP contribution in [0.5, 0.6) is 5.75 Å². The molecular weight excluding hydrogens is 522 g/mol. The summed E-state index contributed by atoms with van der Waals surface area (Å²) in [6.07, 6.45) is 6.96. The van der Waals surface area contributed by atoms with Gasteiger partial charge in [-0.25, -0.2) is 13.4 Å². The summed E-state index contributed by atoms with van der Waals surface area (Å²) >= 11 is 0. The van der Waals surface area contributed by atoms with E-state index in [1.807, 2.05) is 6.92 Å². The summed E-state index contributed by atoms with van der Waals surface area (Å²) < 4.78 is 35.7. The SMILES string of the molecule is C[C@H](CO)N1C[C@H](C)[C@H](CN(C)S(=O)(=O)c2cn(C)cn2)Oc2c(NC(=O)C3CCCCC3)cccc2C1=O. The van der Waals surface area contributed by atoms with Gasteiger partial charge in [-0.3, -0.25) is 9.59 Å². The summed E-state index contributed by atoms with van der Waals surface area (Å²) in [4.78, 5) is 32.4. The van der Waals surface area contributed by atoms with Crippen molar-refractivity contribution in [2.24, 2.45) is 18.9 Å². The Balaban J connectivity index is 1.69. The number of aliphatic hydroxyl groups is 1. The van der Waals surface area contributed by atoms with Crippen molar-refractivity contribution in [2.45, 2.75) is 63.1 Å². The number of likely N-dealkylation sites (N-methyl/N-ethyl adjacent to an activating group) is 1. The van der Waals surface area contributed by atoms with Crippen LogP contribution in [-0.4, -0.2) is 83.0 Å². The maximum atomic E-state index is 13.7. The monoisotopic (exact) mass is 561 g/mol. The average Bonchev–Trinajstić information content (AvgIpc) is 3.38. The number of amides is 2. The van der Waals surface area contributed by atoms with Crippen LogP contribution in [0.2, 0.25) is 0 Å². The number of para-hydroxylation sites is 1. The zero-order chi connectivity index (χ0) is 28.3. The summed E-state index contributed by atoms with van der Waals surface area (Å²) in [5.74, 6) is -0.628. The van der Waals surface area contributed by atoms with Crippen LogP contribution < -0.4 is 10.1 Å². The third-order valence-corrected chi connectivity index (χ3v) is 9.43. The Bertz CT molecular complexity index is 1290. The second-order valence-electron chi connectivity index (χ2n) is 10.8. The highest BCUT2D eigenvalue weighted by Crippen LogP contribution is 2.36. The predicted octanol–water partition coefficient (Wildman–Crippen LogP) is 2.48. The van der Waals surface area contributed by atoms with Crippen molar-refractivity contribution in [3.8, 4) is 5.75 Å². The van der Waals surface area contributed by atoms with Crippen LogP contribution in [-0.2, 0) is 21.9 Å². The van der Waals surface area contributed by atoms with Crippen molar-refractivity contribution in [3.05, 3.63) is 36.3 Å². The average molecular weight is 562 g/mol. The Morgan fingerprint density at radius 2 is 2.00 bits per heavy atom. The molecule has 2 amide bonds. The first-order valence-electron chi connectivity index (χ1n) is 13.5. The van der Waals surface area contributed by atoms with Gasteiger partial charge in [0.25, 0.3) is 15.9 Å². The molecule has 1 aromatic heterocycles. The highest BCUT2D eigenvalue weighted by Gasteiger charge is 2.37. The van der Waals surface area contributed by atoms with E-state index in [4.69, 9.17) is 4.74 Å². The molecule has 0 bridgehead atoms. The first-order valence-corrected chi connectivity index (χ1v) is 14.9. The van der Waals surface area contributed by atoms with Gasteiger partial charge < -0.3 is 24.6 Å². The van der Waals surface area contributed by atoms with E-state index >= 15 is 0 Å². The second kappa shape index (κ2) is 12.1. The lowest BCUT2D eigenvalue weighted by Gasteiger charge is -2.38. The Morgan fingerprint density at radius 3 is 2.64 bits per heavy atom. The van der Waals surface area contributed by atoms with Gasteiger partial charge in [0.15, 0.2) is 10.8 Å². The number of nitrogens with zero attached hydrogens (tertiary/aromatic N) is 4. The molecule has 2 heterocycles. The Hall–Kier alpha value is -2.96. The lowest BCUT2D eigenvalue weighted by atomic mass is 9.88. The number of imidazole rings is 1. The predicted molar refractivity (Wildman–Crippen MR) is 146 cm³/mol. The summed E-state index contributed by atoms with van der Waals surface area (Å²) in [6, 6.07) is 4.55. The minimum atomic E-state index is -3.90. The van der Waals surface area contributed by atoms with Gasteiger partial charge in [-0.15, -0.1) is 0 Å². The largest absolute Gasteiger partial charge is 0.486 e. The quantitative estimate of drug-likeness (QED) is 0.506. The van der Waals surface area contributed by atoms with Gasteiger partial charge in [-0.1, -0.05) is 32.3 Å². The number of fused-ring (bicyclic) bond motifs is 1. The molecule has 12 heteroatoms. The normalized spacial score (nSPS) is 21.6. The standard InChI is InChI=1S/C27H39N5O6S/c1-18-13-32(19(2)16-33)27(35)21-11-8-12-22(29-26(34)20-9-6-5-7-10-20)25(21)38-23(18)14-31(4)39(36,37)24-15-30(3)17-28-24/h8,11-12,15,17-20,23,33H,5-7,9-10,13-14,16H2,1-4H3,(H,29,34)/t18-,19+,23-/m0/s1. The molecule has 1 aliphatic carbocycles. The first-order chi connectivity index (χ1) is 18.5. The number of sulfonamides is 1. The van der Waals surface area contributed by atoms with Crippen molar-refractivity contribution in [1.29, 1.82) is 0 Å². The number of hydrogen-bond acceptors (Lipinski definition) is 7. The van der Waals surface area contributed by atoms with Crippen molar-refractivity contribution in [2.75, 3.05) is 32.1 Å². The molecule has 1 aromatic carbocycles. The number of aliphatic hydroxyl groups excluding tert-OH is 1. The molecule has 3 atom stereocenters. The van der Waals surface area contributed by atoms with Gasteiger partial charge in [0.2, 0.25) is 5.91 Å². The number of carbonyl (C=O) groups is 2. The Labute approximate surface area is 230 Å². The van der Waals surface area contributed by atoms with Gasteiger partial charge in [-0.05, 0) is 31.9 Å². The number of anilines is 1. The molecule has 0 spiro atoms. The van der Waals surface area contributed by atoms with Crippen molar-refractivity contribution in [1.82, 2.24) is 18.8 Å². The van der Waals surface area contributed by atoms with Crippen LogP contribution in [0.4, 0.5) is 5.69 Å². The zero-order valence-corrected chi connectivity index (χ0v) is 23.9. The first kappa shape index (κ1) is 29.0. The molecule has 11 nitrogen and oxygen atoms in total. The van der Waals surface area contributed by atoms with E-state index in [1.54, 1.807) is 41.6 Å².